The molecule has 0 atom stereocenters. The van der Waals surface area contributed by atoms with Crippen LogP contribution < -0.4 is 14.8 Å². The van der Waals surface area contributed by atoms with Crippen molar-refractivity contribution in [2.45, 2.75) is 32.1 Å². The van der Waals surface area contributed by atoms with E-state index in [0.29, 0.717) is 24.3 Å². The number of nitrogens with one attached hydrogen (secondary N) is 1. The summed E-state index contributed by atoms with van der Waals surface area (Å²) in [5.74, 6) is 1.42. The molecule has 0 unspecified atom stereocenters. The molecule has 2 aromatic carbocycles. The molecule has 4 heteroatoms. The highest BCUT2D eigenvalue weighted by atomic mass is 16.5. The summed E-state index contributed by atoms with van der Waals surface area (Å²) in [4.78, 5) is 12.2. The Morgan fingerprint density at radius 3 is 2.58 bits per heavy atom. The molecule has 0 heterocycles. The van der Waals surface area contributed by atoms with Gasteiger partial charge in [-0.2, -0.15) is 0 Å². The number of methoxy groups -OCH3 is 2. The fourth-order valence-corrected chi connectivity index (χ4v) is 3.17. The number of hydrogen-bond acceptors (Lipinski definition) is 3. The molecule has 0 radical (unpaired) electrons. The SMILES string of the molecule is COc1ccc(CCC(=O)Nc2ccc3c(c2)CCC3)cc1OC. The number of amides is 1. The van der Waals surface area contributed by atoms with Gasteiger partial charge < -0.3 is 14.8 Å². The first-order valence-corrected chi connectivity index (χ1v) is 8.32. The highest BCUT2D eigenvalue weighted by Gasteiger charge is 2.12. The number of fused-ring (bicyclic) bond motifs is 1. The topological polar surface area (TPSA) is 47.6 Å². The summed E-state index contributed by atoms with van der Waals surface area (Å²) >= 11 is 0. The molecule has 1 amide bonds. The van der Waals surface area contributed by atoms with Crippen molar-refractivity contribution in [3.05, 3.63) is 53.1 Å². The molecule has 1 N–H and O–H groups in total. The van der Waals surface area contributed by atoms with E-state index in [2.05, 4.69) is 17.4 Å². The summed E-state index contributed by atoms with van der Waals surface area (Å²) in [6.07, 6.45) is 4.59. The van der Waals surface area contributed by atoms with Gasteiger partial charge >= 0.3 is 0 Å². The first kappa shape index (κ1) is 16.4. The third-order valence-electron chi connectivity index (χ3n) is 4.47. The van der Waals surface area contributed by atoms with E-state index in [-0.39, 0.29) is 5.91 Å². The van der Waals surface area contributed by atoms with Gasteiger partial charge in [0.25, 0.3) is 0 Å². The summed E-state index contributed by atoms with van der Waals surface area (Å²) < 4.78 is 10.5. The molecule has 0 aliphatic heterocycles. The van der Waals surface area contributed by atoms with Gasteiger partial charge in [-0.1, -0.05) is 12.1 Å². The van der Waals surface area contributed by atoms with Crippen LogP contribution in [-0.2, 0) is 24.1 Å². The van der Waals surface area contributed by atoms with Crippen molar-refractivity contribution in [2.24, 2.45) is 0 Å². The van der Waals surface area contributed by atoms with Crippen LogP contribution in [0.25, 0.3) is 0 Å². The van der Waals surface area contributed by atoms with E-state index in [0.717, 1.165) is 24.1 Å². The highest BCUT2D eigenvalue weighted by molar-refractivity contribution is 5.91. The van der Waals surface area contributed by atoms with Crippen molar-refractivity contribution in [3.8, 4) is 11.5 Å². The Kier molecular flexibility index (Phi) is 5.04. The maximum atomic E-state index is 12.2. The summed E-state index contributed by atoms with van der Waals surface area (Å²) in [7, 11) is 3.23. The molecule has 0 saturated carbocycles. The van der Waals surface area contributed by atoms with Gasteiger partial charge in [0.05, 0.1) is 14.2 Å². The third kappa shape index (κ3) is 3.70. The third-order valence-corrected chi connectivity index (χ3v) is 4.47. The van der Waals surface area contributed by atoms with E-state index in [1.54, 1.807) is 14.2 Å². The Morgan fingerprint density at radius 1 is 1.00 bits per heavy atom. The van der Waals surface area contributed by atoms with Crippen molar-refractivity contribution < 1.29 is 14.3 Å². The fraction of sp³-hybridized carbons (Fsp3) is 0.350. The summed E-state index contributed by atoms with van der Waals surface area (Å²) in [5.41, 5.74) is 4.73. The van der Waals surface area contributed by atoms with E-state index < -0.39 is 0 Å². The maximum absolute atomic E-state index is 12.2. The number of aryl methyl sites for hydroxylation is 3. The second-order valence-corrected chi connectivity index (χ2v) is 6.07. The van der Waals surface area contributed by atoms with E-state index >= 15 is 0 Å². The van der Waals surface area contributed by atoms with E-state index in [9.17, 15) is 4.79 Å². The highest BCUT2D eigenvalue weighted by Crippen LogP contribution is 2.28. The lowest BCUT2D eigenvalue weighted by Gasteiger charge is -2.10. The van der Waals surface area contributed by atoms with Crippen LogP contribution in [0, 0.1) is 0 Å². The van der Waals surface area contributed by atoms with Crippen LogP contribution in [-0.4, -0.2) is 20.1 Å². The van der Waals surface area contributed by atoms with Gasteiger partial charge in [0, 0.05) is 12.1 Å². The largest absolute Gasteiger partial charge is 0.493 e. The minimum Gasteiger partial charge on any atom is -0.493 e. The Hall–Kier alpha value is -2.49. The van der Waals surface area contributed by atoms with Gasteiger partial charge in [0.1, 0.15) is 0 Å². The summed E-state index contributed by atoms with van der Waals surface area (Å²) in [6.45, 7) is 0. The number of carbonyl (C=O) groups excluding carboxylic acids is 1. The van der Waals surface area contributed by atoms with Gasteiger partial charge in [-0.15, -0.1) is 0 Å². The van der Waals surface area contributed by atoms with E-state index in [1.165, 1.54) is 17.5 Å². The lowest BCUT2D eigenvalue weighted by molar-refractivity contribution is -0.116. The molecule has 0 aromatic heterocycles. The number of hydrogen-bond donors (Lipinski definition) is 1. The maximum Gasteiger partial charge on any atom is 0.224 e. The molecule has 2 aromatic rings. The van der Waals surface area contributed by atoms with Crippen LogP contribution in [0.15, 0.2) is 36.4 Å². The number of benzene rings is 2. The van der Waals surface area contributed by atoms with Crippen molar-refractivity contribution in [1.82, 2.24) is 0 Å². The lowest BCUT2D eigenvalue weighted by atomic mass is 10.1. The second-order valence-electron chi connectivity index (χ2n) is 6.07. The quantitative estimate of drug-likeness (QED) is 0.879. The first-order valence-electron chi connectivity index (χ1n) is 8.32. The molecule has 24 heavy (non-hydrogen) atoms. The molecule has 0 saturated heterocycles. The number of carbonyl (C=O) groups is 1. The lowest BCUT2D eigenvalue weighted by Crippen LogP contribution is -2.12. The standard InChI is InChI=1S/C20H23NO3/c1-23-18-10-6-14(12-19(18)24-2)7-11-20(22)21-17-9-8-15-4-3-5-16(15)13-17/h6,8-10,12-13H,3-5,7,11H2,1-2H3,(H,21,22). The Bertz CT molecular complexity index is 740. The molecule has 0 bridgehead atoms. The van der Waals surface area contributed by atoms with Gasteiger partial charge in [-0.3, -0.25) is 4.79 Å². The van der Waals surface area contributed by atoms with Crippen LogP contribution in [0.1, 0.15) is 29.5 Å². The van der Waals surface area contributed by atoms with Crippen molar-refractivity contribution in [1.29, 1.82) is 0 Å². The Balaban J connectivity index is 1.57. The molecule has 1 aliphatic rings. The monoisotopic (exact) mass is 325 g/mol. The normalized spacial score (nSPS) is 12.6. The van der Waals surface area contributed by atoms with Crippen LogP contribution in [0.3, 0.4) is 0 Å². The van der Waals surface area contributed by atoms with Crippen LogP contribution in [0.5, 0.6) is 11.5 Å². The number of rotatable bonds is 6. The smallest absolute Gasteiger partial charge is 0.224 e. The van der Waals surface area contributed by atoms with Gasteiger partial charge in [0.15, 0.2) is 11.5 Å². The van der Waals surface area contributed by atoms with Gasteiger partial charge in [-0.25, -0.2) is 0 Å². The molecule has 0 spiro atoms. The first-order chi connectivity index (χ1) is 11.7. The van der Waals surface area contributed by atoms with Crippen molar-refractivity contribution >= 4 is 11.6 Å². The molecular weight excluding hydrogens is 302 g/mol. The second kappa shape index (κ2) is 7.39. The minimum atomic E-state index is 0.0303. The van der Waals surface area contributed by atoms with Crippen LogP contribution in [0.4, 0.5) is 5.69 Å². The average Bonchev–Trinajstić information content (AvgIpc) is 3.07. The molecule has 4 nitrogen and oxygen atoms in total. The number of anilines is 1. The minimum absolute atomic E-state index is 0.0303. The van der Waals surface area contributed by atoms with Gasteiger partial charge in [-0.05, 0) is 66.6 Å². The van der Waals surface area contributed by atoms with E-state index in [4.69, 9.17) is 9.47 Å². The Labute approximate surface area is 142 Å². The van der Waals surface area contributed by atoms with Gasteiger partial charge in [0.2, 0.25) is 5.91 Å². The predicted molar refractivity (Wildman–Crippen MR) is 95.0 cm³/mol. The zero-order chi connectivity index (χ0) is 16.9. The molecular formula is C20H23NO3. The van der Waals surface area contributed by atoms with E-state index in [1.807, 2.05) is 24.3 Å². The number of ether oxygens (including phenoxy) is 2. The molecule has 3 rings (SSSR count). The van der Waals surface area contributed by atoms with Crippen molar-refractivity contribution in [2.75, 3.05) is 19.5 Å². The molecule has 126 valence electrons. The predicted octanol–water partition coefficient (Wildman–Crippen LogP) is 3.76. The fourth-order valence-electron chi connectivity index (χ4n) is 3.17. The zero-order valence-electron chi connectivity index (χ0n) is 14.2. The Morgan fingerprint density at radius 2 is 1.79 bits per heavy atom. The van der Waals surface area contributed by atoms with Crippen molar-refractivity contribution in [3.63, 3.8) is 0 Å². The van der Waals surface area contributed by atoms with Crippen LogP contribution in [0.2, 0.25) is 0 Å². The van der Waals surface area contributed by atoms with Crippen LogP contribution >= 0.6 is 0 Å². The summed E-state index contributed by atoms with van der Waals surface area (Å²) in [5, 5.41) is 3.00. The summed E-state index contributed by atoms with van der Waals surface area (Å²) in [6, 6.07) is 12.0. The zero-order valence-corrected chi connectivity index (χ0v) is 14.2. The average molecular weight is 325 g/mol. The molecule has 0 fully saturated rings. The molecule has 1 aliphatic carbocycles.